The summed E-state index contributed by atoms with van der Waals surface area (Å²) in [6.07, 6.45) is 8.84. The maximum absolute atomic E-state index is 6.89. The first-order chi connectivity index (χ1) is 30.5. The maximum Gasteiger partial charge on any atom is 0.143 e. The molecule has 0 saturated carbocycles. The van der Waals surface area contributed by atoms with Gasteiger partial charge in [0, 0.05) is 38.1 Å². The molecule has 11 aromatic rings. The van der Waals surface area contributed by atoms with Gasteiger partial charge in [0.25, 0.3) is 0 Å². The molecule has 0 N–H and O–H groups in total. The molecule has 2 aliphatic rings. The zero-order valence-electron chi connectivity index (χ0n) is 34.5. The molecule has 2 aliphatic carbocycles. The van der Waals surface area contributed by atoms with Gasteiger partial charge in [0.05, 0.1) is 22.9 Å². The predicted molar refractivity (Wildman–Crippen MR) is 259 cm³/mol. The Bertz CT molecular complexity index is 3750. The molecule has 0 fully saturated rings. The number of hydrogen-bond acceptors (Lipinski definition) is 3. The largest absolute Gasteiger partial charge is 0.455 e. The zero-order valence-corrected chi connectivity index (χ0v) is 34.5. The lowest BCUT2D eigenvalue weighted by Gasteiger charge is -2.24. The molecule has 13 rings (SSSR count). The van der Waals surface area contributed by atoms with Gasteiger partial charge in [-0.2, -0.15) is 0 Å². The zero-order chi connectivity index (χ0) is 41.1. The molecule has 0 aliphatic heterocycles. The van der Waals surface area contributed by atoms with Crippen molar-refractivity contribution in [2.75, 3.05) is 0 Å². The van der Waals surface area contributed by atoms with Crippen LogP contribution in [-0.2, 0) is 5.41 Å². The summed E-state index contributed by atoms with van der Waals surface area (Å²) in [5.41, 5.74) is 18.1. The Labute approximate surface area is 359 Å². The molecule has 2 heterocycles. The molecular weight excluding hydrogens is 753 g/mol. The van der Waals surface area contributed by atoms with E-state index in [0.717, 1.165) is 90.1 Å². The Morgan fingerprint density at radius 3 is 2.00 bits per heavy atom. The van der Waals surface area contributed by atoms with Crippen molar-refractivity contribution in [2.24, 2.45) is 0 Å². The summed E-state index contributed by atoms with van der Waals surface area (Å²) in [5.74, 6) is 0. The van der Waals surface area contributed by atoms with Crippen LogP contribution in [0.15, 0.2) is 192 Å². The second-order valence-electron chi connectivity index (χ2n) is 17.6. The summed E-state index contributed by atoms with van der Waals surface area (Å²) in [4.78, 5) is 10.4. The first kappa shape index (κ1) is 35.2. The van der Waals surface area contributed by atoms with E-state index in [2.05, 4.69) is 190 Å². The van der Waals surface area contributed by atoms with Crippen molar-refractivity contribution in [1.29, 1.82) is 0 Å². The van der Waals surface area contributed by atoms with E-state index in [9.17, 15) is 0 Å². The van der Waals surface area contributed by atoms with E-state index in [1.54, 1.807) is 0 Å². The van der Waals surface area contributed by atoms with Crippen LogP contribution in [-0.4, -0.2) is 9.97 Å². The summed E-state index contributed by atoms with van der Waals surface area (Å²) in [6, 6.07) is 59.4. The van der Waals surface area contributed by atoms with Crippen molar-refractivity contribution in [3.8, 4) is 44.6 Å². The van der Waals surface area contributed by atoms with Gasteiger partial charge < -0.3 is 4.42 Å². The fraction of sp³-hybridized carbons (Fsp3) is 0.0847. The van der Waals surface area contributed by atoms with E-state index in [1.807, 2.05) is 6.20 Å². The summed E-state index contributed by atoms with van der Waals surface area (Å²) >= 11 is 0. The van der Waals surface area contributed by atoms with Crippen LogP contribution in [0.25, 0.3) is 116 Å². The molecular formula is C59H40N2O. The third kappa shape index (κ3) is 5.18. The van der Waals surface area contributed by atoms with Crippen LogP contribution in [0.3, 0.4) is 0 Å². The fourth-order valence-electron chi connectivity index (χ4n) is 10.7. The number of fused-ring (bicyclic) bond motifs is 13. The number of allylic oxidation sites excluding steroid dienone is 4. The minimum atomic E-state index is -0.0491. The minimum Gasteiger partial charge on any atom is -0.455 e. The Morgan fingerprint density at radius 1 is 0.516 bits per heavy atom. The van der Waals surface area contributed by atoms with Crippen molar-refractivity contribution in [1.82, 2.24) is 9.97 Å². The van der Waals surface area contributed by atoms with Gasteiger partial charge in [-0.1, -0.05) is 153 Å². The SMILES string of the molecule is CC1(C)C2=C(CCC=C2)c2ccc(-c3cc(-c4cccc(-c5cccc(-c6cnc7c8ccccc8c8ccccc8c7n6)c5)c4)c4oc5ccc6ccccc6c5c4c3)cc21. The van der Waals surface area contributed by atoms with Crippen LogP contribution >= 0.6 is 0 Å². The van der Waals surface area contributed by atoms with Gasteiger partial charge in [0.1, 0.15) is 11.2 Å². The molecule has 9 aromatic carbocycles. The molecule has 0 radical (unpaired) electrons. The average Bonchev–Trinajstić information content (AvgIpc) is 3.83. The fourth-order valence-corrected chi connectivity index (χ4v) is 10.7. The van der Waals surface area contributed by atoms with Gasteiger partial charge >= 0.3 is 0 Å². The average molecular weight is 793 g/mol. The summed E-state index contributed by atoms with van der Waals surface area (Å²) in [7, 11) is 0. The second kappa shape index (κ2) is 13.2. The molecule has 0 spiro atoms. The minimum absolute atomic E-state index is 0.0491. The Kier molecular flexibility index (Phi) is 7.48. The van der Waals surface area contributed by atoms with Crippen LogP contribution in [0.1, 0.15) is 37.8 Å². The van der Waals surface area contributed by atoms with Crippen LogP contribution in [0.4, 0.5) is 0 Å². The Morgan fingerprint density at radius 2 is 1.19 bits per heavy atom. The van der Waals surface area contributed by atoms with Gasteiger partial charge in [0.2, 0.25) is 0 Å². The lowest BCUT2D eigenvalue weighted by atomic mass is 9.79. The third-order valence-electron chi connectivity index (χ3n) is 13.7. The quantitative estimate of drug-likeness (QED) is 0.167. The molecule has 0 bridgehead atoms. The van der Waals surface area contributed by atoms with E-state index in [-0.39, 0.29) is 5.41 Å². The molecule has 0 saturated heterocycles. The van der Waals surface area contributed by atoms with E-state index in [0.29, 0.717) is 0 Å². The van der Waals surface area contributed by atoms with E-state index < -0.39 is 0 Å². The molecule has 0 unspecified atom stereocenters. The van der Waals surface area contributed by atoms with Gasteiger partial charge in [-0.25, -0.2) is 4.98 Å². The standard InChI is InChI=1S/C59H40N2O/c1-59(2)51-24-10-9-21-45(51)46-27-25-38(33-52(46)59)41-31-49(58-50(32-41)55-42-18-4-3-13-35(42)26-28-54(55)62-58)39-16-11-14-36(29-39)37-15-12-17-40(30-37)53-34-60-56-47-22-7-5-19-43(47)44-20-6-8-23-48(44)57(56)61-53/h3-8,10-20,22-34H,9,21H2,1-2H3. The number of furan rings is 1. The highest BCUT2D eigenvalue weighted by molar-refractivity contribution is 6.23. The summed E-state index contributed by atoms with van der Waals surface area (Å²) in [5, 5.41) is 9.32. The number of benzene rings is 9. The molecule has 62 heavy (non-hydrogen) atoms. The smallest absolute Gasteiger partial charge is 0.143 e. The predicted octanol–water partition coefficient (Wildman–Crippen LogP) is 16.1. The molecule has 292 valence electrons. The summed E-state index contributed by atoms with van der Waals surface area (Å²) in [6.45, 7) is 4.77. The highest BCUT2D eigenvalue weighted by Crippen LogP contribution is 2.51. The lowest BCUT2D eigenvalue weighted by Crippen LogP contribution is -2.16. The number of hydrogen-bond donors (Lipinski definition) is 0. The van der Waals surface area contributed by atoms with E-state index >= 15 is 0 Å². The van der Waals surface area contributed by atoms with E-state index in [4.69, 9.17) is 14.4 Å². The van der Waals surface area contributed by atoms with Crippen LogP contribution in [0, 0.1) is 0 Å². The molecule has 0 amide bonds. The highest BCUT2D eigenvalue weighted by Gasteiger charge is 2.37. The van der Waals surface area contributed by atoms with Crippen LogP contribution in [0.2, 0.25) is 0 Å². The molecule has 2 aromatic heterocycles. The van der Waals surface area contributed by atoms with Gasteiger partial charge in [-0.05, 0) is 121 Å². The second-order valence-corrected chi connectivity index (χ2v) is 17.6. The Balaban J connectivity index is 0.964. The van der Waals surface area contributed by atoms with Crippen molar-refractivity contribution >= 4 is 70.9 Å². The van der Waals surface area contributed by atoms with Crippen molar-refractivity contribution < 1.29 is 4.42 Å². The van der Waals surface area contributed by atoms with Gasteiger partial charge in [0.15, 0.2) is 0 Å². The van der Waals surface area contributed by atoms with Crippen molar-refractivity contribution in [2.45, 2.75) is 32.1 Å². The molecule has 0 atom stereocenters. The first-order valence-corrected chi connectivity index (χ1v) is 21.7. The first-order valence-electron chi connectivity index (χ1n) is 21.7. The summed E-state index contributed by atoms with van der Waals surface area (Å²) < 4.78 is 6.89. The normalized spacial score (nSPS) is 14.5. The van der Waals surface area contributed by atoms with Crippen molar-refractivity contribution in [3.63, 3.8) is 0 Å². The molecule has 3 heteroatoms. The third-order valence-corrected chi connectivity index (χ3v) is 13.7. The lowest BCUT2D eigenvalue weighted by molar-refractivity contribution is 0.651. The number of nitrogens with zero attached hydrogens (tertiary/aromatic N) is 2. The Hall–Kier alpha value is -7.62. The monoisotopic (exact) mass is 792 g/mol. The van der Waals surface area contributed by atoms with Crippen molar-refractivity contribution in [3.05, 3.63) is 199 Å². The topological polar surface area (TPSA) is 38.9 Å². The van der Waals surface area contributed by atoms with Gasteiger partial charge in [-0.15, -0.1) is 0 Å². The van der Waals surface area contributed by atoms with Gasteiger partial charge in [-0.3, -0.25) is 4.98 Å². The van der Waals surface area contributed by atoms with Crippen LogP contribution < -0.4 is 0 Å². The van der Waals surface area contributed by atoms with E-state index in [1.165, 1.54) is 54.9 Å². The number of rotatable bonds is 4. The van der Waals surface area contributed by atoms with Crippen LogP contribution in [0.5, 0.6) is 0 Å². The number of aromatic nitrogens is 2. The highest BCUT2D eigenvalue weighted by atomic mass is 16.3. The molecule has 3 nitrogen and oxygen atoms in total. The maximum atomic E-state index is 6.89.